The summed E-state index contributed by atoms with van der Waals surface area (Å²) in [5, 5.41) is 6.95. The molecule has 3 heterocycles. The smallest absolute Gasteiger partial charge is 0.129 e. The molecule has 4 aromatic rings. The van der Waals surface area contributed by atoms with Gasteiger partial charge in [0.2, 0.25) is 0 Å². The minimum Gasteiger partial charge on any atom is -0.457 e. The Hall–Kier alpha value is -3.12. The van der Waals surface area contributed by atoms with Crippen molar-refractivity contribution in [3.8, 4) is 22.8 Å². The monoisotopic (exact) mass is 373 g/mol. The first kappa shape index (κ1) is 17.0. The Morgan fingerprint density at radius 2 is 1.96 bits per heavy atom. The number of ether oxygens (including phenoxy) is 1. The Balaban J connectivity index is 1.32. The number of hydrogen-bond donors (Lipinski definition) is 2. The van der Waals surface area contributed by atoms with Crippen LogP contribution in [-0.2, 0) is 6.42 Å². The number of hydrogen-bond acceptors (Lipinski definition) is 4. The van der Waals surface area contributed by atoms with Crippen molar-refractivity contribution in [2.75, 3.05) is 13.6 Å². The molecule has 0 saturated carbocycles. The predicted molar refractivity (Wildman–Crippen MR) is 110 cm³/mol. The molecule has 1 saturated heterocycles. The van der Waals surface area contributed by atoms with Crippen LogP contribution in [0.4, 0.5) is 0 Å². The van der Waals surface area contributed by atoms with E-state index in [1.54, 1.807) is 6.20 Å². The molecule has 1 aliphatic heterocycles. The van der Waals surface area contributed by atoms with Gasteiger partial charge in [-0.05, 0) is 74.5 Å². The van der Waals surface area contributed by atoms with E-state index in [4.69, 9.17) is 9.72 Å². The summed E-state index contributed by atoms with van der Waals surface area (Å²) < 4.78 is 6.03. The standard InChI is InChI=1S/C22H23N5O/c1-27-12-2-3-16(27)13-22-24-20-9-8-18(14-21(20)25-22)28-17-6-4-15(5-7-17)19-10-11-23-26-19/h4-11,14,16H,2-3,12-13H2,1H3,(H,23,26)(H,24,25)/t16-/m0/s1. The molecule has 28 heavy (non-hydrogen) atoms. The summed E-state index contributed by atoms with van der Waals surface area (Å²) in [6, 6.07) is 16.5. The topological polar surface area (TPSA) is 69.8 Å². The van der Waals surface area contributed by atoms with Crippen molar-refractivity contribution >= 4 is 11.0 Å². The Bertz CT molecular complexity index is 1070. The summed E-state index contributed by atoms with van der Waals surface area (Å²) in [6.07, 6.45) is 5.24. The summed E-state index contributed by atoms with van der Waals surface area (Å²) in [6.45, 7) is 1.18. The lowest BCUT2D eigenvalue weighted by Crippen LogP contribution is -2.27. The summed E-state index contributed by atoms with van der Waals surface area (Å²) in [4.78, 5) is 10.7. The zero-order chi connectivity index (χ0) is 18.9. The number of rotatable bonds is 5. The summed E-state index contributed by atoms with van der Waals surface area (Å²) in [5.74, 6) is 2.64. The number of nitrogens with one attached hydrogen (secondary N) is 2. The molecule has 0 radical (unpaired) electrons. The highest BCUT2D eigenvalue weighted by molar-refractivity contribution is 5.77. The molecule has 0 unspecified atom stereocenters. The molecular formula is C22H23N5O. The second kappa shape index (κ2) is 7.13. The van der Waals surface area contributed by atoms with E-state index in [-0.39, 0.29) is 0 Å². The Kier molecular flexibility index (Phi) is 4.33. The van der Waals surface area contributed by atoms with E-state index in [1.165, 1.54) is 19.4 Å². The fourth-order valence-corrected chi connectivity index (χ4v) is 3.91. The zero-order valence-electron chi connectivity index (χ0n) is 15.9. The van der Waals surface area contributed by atoms with Gasteiger partial charge in [0.25, 0.3) is 0 Å². The predicted octanol–water partition coefficient (Wildman–Crippen LogP) is 4.38. The first-order chi connectivity index (χ1) is 13.7. The summed E-state index contributed by atoms with van der Waals surface area (Å²) in [7, 11) is 2.20. The minimum atomic E-state index is 0.588. The van der Waals surface area contributed by atoms with Crippen LogP contribution in [0.1, 0.15) is 18.7 Å². The summed E-state index contributed by atoms with van der Waals surface area (Å²) in [5.41, 5.74) is 4.07. The average Bonchev–Trinajstić information content (AvgIpc) is 3.44. The Labute approximate surface area is 163 Å². The van der Waals surface area contributed by atoms with Crippen molar-refractivity contribution in [2.45, 2.75) is 25.3 Å². The molecule has 0 amide bonds. The van der Waals surface area contributed by atoms with Crippen LogP contribution in [0, 0.1) is 0 Å². The number of aromatic nitrogens is 4. The van der Waals surface area contributed by atoms with Gasteiger partial charge in [-0.3, -0.25) is 5.10 Å². The molecule has 5 rings (SSSR count). The van der Waals surface area contributed by atoms with Crippen molar-refractivity contribution in [1.82, 2.24) is 25.1 Å². The molecule has 0 spiro atoms. The third kappa shape index (κ3) is 3.39. The normalized spacial score (nSPS) is 17.4. The van der Waals surface area contributed by atoms with Crippen molar-refractivity contribution in [3.63, 3.8) is 0 Å². The second-order valence-corrected chi connectivity index (χ2v) is 7.44. The molecule has 142 valence electrons. The lowest BCUT2D eigenvalue weighted by molar-refractivity contribution is 0.306. The molecule has 1 aliphatic rings. The number of nitrogens with zero attached hydrogens (tertiary/aromatic N) is 3. The average molecular weight is 373 g/mol. The van der Waals surface area contributed by atoms with Crippen molar-refractivity contribution < 1.29 is 4.74 Å². The fourth-order valence-electron chi connectivity index (χ4n) is 3.91. The highest BCUT2D eigenvalue weighted by atomic mass is 16.5. The van der Waals surface area contributed by atoms with Gasteiger partial charge in [0.05, 0.1) is 16.7 Å². The van der Waals surface area contributed by atoms with E-state index < -0.39 is 0 Å². The molecule has 0 aliphatic carbocycles. The number of benzene rings is 2. The highest BCUT2D eigenvalue weighted by Crippen LogP contribution is 2.27. The lowest BCUT2D eigenvalue weighted by Gasteiger charge is -2.17. The second-order valence-electron chi connectivity index (χ2n) is 7.44. The summed E-state index contributed by atoms with van der Waals surface area (Å²) >= 11 is 0. The van der Waals surface area contributed by atoms with Crippen molar-refractivity contribution in [2.24, 2.45) is 0 Å². The van der Waals surface area contributed by atoms with E-state index in [2.05, 4.69) is 27.1 Å². The third-order valence-electron chi connectivity index (χ3n) is 5.51. The van der Waals surface area contributed by atoms with Crippen LogP contribution >= 0.6 is 0 Å². The number of likely N-dealkylation sites (tertiary alicyclic amines) is 1. The molecule has 6 heteroatoms. The van der Waals surface area contributed by atoms with E-state index in [0.29, 0.717) is 6.04 Å². The van der Waals surface area contributed by atoms with Crippen LogP contribution in [0.5, 0.6) is 11.5 Å². The van der Waals surface area contributed by atoms with Gasteiger partial charge in [0, 0.05) is 24.7 Å². The van der Waals surface area contributed by atoms with Crippen LogP contribution < -0.4 is 4.74 Å². The molecule has 6 nitrogen and oxygen atoms in total. The Morgan fingerprint density at radius 3 is 2.71 bits per heavy atom. The molecule has 2 aromatic heterocycles. The maximum absolute atomic E-state index is 6.03. The number of likely N-dealkylation sites (N-methyl/N-ethyl adjacent to an activating group) is 1. The third-order valence-corrected chi connectivity index (χ3v) is 5.51. The van der Waals surface area contributed by atoms with Crippen LogP contribution in [0.3, 0.4) is 0 Å². The minimum absolute atomic E-state index is 0.588. The van der Waals surface area contributed by atoms with Crippen molar-refractivity contribution in [3.05, 3.63) is 60.6 Å². The number of fused-ring (bicyclic) bond motifs is 1. The SMILES string of the molecule is CN1CCC[C@H]1Cc1nc2cc(Oc3ccc(-c4ccn[nH]4)cc3)ccc2[nH]1. The number of H-pyrrole nitrogens is 2. The van der Waals surface area contributed by atoms with Crippen LogP contribution in [0.2, 0.25) is 0 Å². The molecular weight excluding hydrogens is 350 g/mol. The molecule has 2 N–H and O–H groups in total. The van der Waals surface area contributed by atoms with E-state index in [1.807, 2.05) is 48.5 Å². The zero-order valence-corrected chi connectivity index (χ0v) is 15.9. The van der Waals surface area contributed by atoms with Crippen LogP contribution in [-0.4, -0.2) is 44.7 Å². The number of aromatic amines is 2. The van der Waals surface area contributed by atoms with Gasteiger partial charge < -0.3 is 14.6 Å². The molecule has 2 aromatic carbocycles. The maximum Gasteiger partial charge on any atom is 0.129 e. The van der Waals surface area contributed by atoms with Crippen LogP contribution in [0.25, 0.3) is 22.3 Å². The lowest BCUT2D eigenvalue weighted by atomic mass is 10.1. The van der Waals surface area contributed by atoms with Gasteiger partial charge >= 0.3 is 0 Å². The van der Waals surface area contributed by atoms with Gasteiger partial charge in [0.1, 0.15) is 17.3 Å². The van der Waals surface area contributed by atoms with E-state index in [0.717, 1.165) is 46.0 Å². The van der Waals surface area contributed by atoms with Gasteiger partial charge in [-0.2, -0.15) is 5.10 Å². The Morgan fingerprint density at radius 1 is 1.11 bits per heavy atom. The fraction of sp³-hybridized carbons (Fsp3) is 0.273. The van der Waals surface area contributed by atoms with Gasteiger partial charge in [-0.15, -0.1) is 0 Å². The first-order valence-electron chi connectivity index (χ1n) is 9.71. The highest BCUT2D eigenvalue weighted by Gasteiger charge is 2.22. The largest absolute Gasteiger partial charge is 0.457 e. The maximum atomic E-state index is 6.03. The molecule has 0 bridgehead atoms. The van der Waals surface area contributed by atoms with E-state index in [9.17, 15) is 0 Å². The van der Waals surface area contributed by atoms with Gasteiger partial charge in [-0.1, -0.05) is 0 Å². The van der Waals surface area contributed by atoms with Gasteiger partial charge in [-0.25, -0.2) is 4.98 Å². The van der Waals surface area contributed by atoms with Crippen LogP contribution in [0.15, 0.2) is 54.7 Å². The first-order valence-corrected chi connectivity index (χ1v) is 9.71. The number of imidazole rings is 1. The molecule has 1 atom stereocenters. The van der Waals surface area contributed by atoms with Crippen molar-refractivity contribution in [1.29, 1.82) is 0 Å². The molecule has 1 fully saturated rings. The van der Waals surface area contributed by atoms with E-state index >= 15 is 0 Å². The van der Waals surface area contributed by atoms with Gasteiger partial charge in [0.15, 0.2) is 0 Å². The quantitative estimate of drug-likeness (QED) is 0.545.